The van der Waals surface area contributed by atoms with Gasteiger partial charge in [-0.05, 0) is 18.9 Å². The average molecular weight is 239 g/mol. The first-order chi connectivity index (χ1) is 8.15. The van der Waals surface area contributed by atoms with Crippen LogP contribution in [0.5, 0.6) is 0 Å². The summed E-state index contributed by atoms with van der Waals surface area (Å²) in [5, 5.41) is 19.3. The van der Waals surface area contributed by atoms with Gasteiger partial charge < -0.3 is 15.1 Å². The van der Waals surface area contributed by atoms with Crippen LogP contribution in [-0.2, 0) is 5.60 Å². The Balaban J connectivity index is 2.10. The molecule has 0 saturated carbocycles. The standard InChI is InChI=1S/C13H18FNO2/c14-12-4-2-1-3-11(12)13(17)5-7-15(8-6-13)9-10-16/h1-4,16-17H,5-10H2. The predicted octanol–water partition coefficient (Wildman–Crippen LogP) is 1.10. The van der Waals surface area contributed by atoms with Gasteiger partial charge in [0.15, 0.2) is 0 Å². The summed E-state index contributed by atoms with van der Waals surface area (Å²) < 4.78 is 13.7. The van der Waals surface area contributed by atoms with E-state index in [1.165, 1.54) is 6.07 Å². The van der Waals surface area contributed by atoms with Gasteiger partial charge in [0.05, 0.1) is 12.2 Å². The Morgan fingerprint density at radius 1 is 1.24 bits per heavy atom. The van der Waals surface area contributed by atoms with Crippen LogP contribution in [-0.4, -0.2) is 41.4 Å². The number of β-amino-alcohol motifs (C(OH)–C–C–N with tert-alkyl or cyclic N) is 1. The number of aliphatic hydroxyl groups excluding tert-OH is 1. The Morgan fingerprint density at radius 3 is 2.47 bits per heavy atom. The molecule has 1 aromatic rings. The van der Waals surface area contributed by atoms with Gasteiger partial charge in [-0.15, -0.1) is 0 Å². The summed E-state index contributed by atoms with van der Waals surface area (Å²) >= 11 is 0. The van der Waals surface area contributed by atoms with Crippen molar-refractivity contribution >= 4 is 0 Å². The van der Waals surface area contributed by atoms with Crippen LogP contribution >= 0.6 is 0 Å². The van der Waals surface area contributed by atoms with E-state index in [0.29, 0.717) is 38.0 Å². The molecule has 0 radical (unpaired) electrons. The lowest BCUT2D eigenvalue weighted by Gasteiger charge is -2.38. The molecule has 94 valence electrons. The second kappa shape index (κ2) is 5.12. The van der Waals surface area contributed by atoms with Crippen LogP contribution in [0.15, 0.2) is 24.3 Å². The van der Waals surface area contributed by atoms with E-state index in [9.17, 15) is 9.50 Å². The summed E-state index contributed by atoms with van der Waals surface area (Å²) in [6.45, 7) is 2.11. The number of hydrogen-bond acceptors (Lipinski definition) is 3. The van der Waals surface area contributed by atoms with E-state index in [0.717, 1.165) is 0 Å². The molecule has 1 heterocycles. The molecule has 0 amide bonds. The Bertz CT molecular complexity index is 375. The highest BCUT2D eigenvalue weighted by molar-refractivity contribution is 5.25. The molecule has 3 nitrogen and oxygen atoms in total. The van der Waals surface area contributed by atoms with Crippen LogP contribution in [0.2, 0.25) is 0 Å². The highest BCUT2D eigenvalue weighted by Gasteiger charge is 2.35. The number of hydrogen-bond donors (Lipinski definition) is 2. The zero-order chi connectivity index (χ0) is 12.3. The van der Waals surface area contributed by atoms with Crippen molar-refractivity contribution in [1.82, 2.24) is 4.90 Å². The first-order valence-corrected chi connectivity index (χ1v) is 5.96. The van der Waals surface area contributed by atoms with E-state index in [-0.39, 0.29) is 12.4 Å². The van der Waals surface area contributed by atoms with Crippen molar-refractivity contribution in [2.75, 3.05) is 26.2 Å². The van der Waals surface area contributed by atoms with Crippen LogP contribution in [0.25, 0.3) is 0 Å². The molecule has 1 saturated heterocycles. The largest absolute Gasteiger partial charge is 0.395 e. The molecule has 1 aliphatic heterocycles. The molecule has 0 spiro atoms. The van der Waals surface area contributed by atoms with Gasteiger partial charge in [-0.2, -0.15) is 0 Å². The lowest BCUT2D eigenvalue weighted by Crippen LogP contribution is -2.43. The summed E-state index contributed by atoms with van der Waals surface area (Å²) in [6, 6.07) is 6.41. The number of nitrogens with zero attached hydrogens (tertiary/aromatic N) is 1. The fraction of sp³-hybridized carbons (Fsp3) is 0.538. The van der Waals surface area contributed by atoms with Gasteiger partial charge >= 0.3 is 0 Å². The number of likely N-dealkylation sites (tertiary alicyclic amines) is 1. The van der Waals surface area contributed by atoms with Crippen molar-refractivity contribution in [3.63, 3.8) is 0 Å². The molecule has 2 N–H and O–H groups in total. The lowest BCUT2D eigenvalue weighted by atomic mass is 9.84. The van der Waals surface area contributed by atoms with Crippen LogP contribution in [0, 0.1) is 5.82 Å². The van der Waals surface area contributed by atoms with Crippen LogP contribution in [0.1, 0.15) is 18.4 Å². The first kappa shape index (κ1) is 12.5. The Kier molecular flexibility index (Phi) is 3.76. The molecule has 2 rings (SSSR count). The number of aliphatic hydroxyl groups is 2. The van der Waals surface area contributed by atoms with Crippen molar-refractivity contribution in [3.8, 4) is 0 Å². The summed E-state index contributed by atoms with van der Waals surface area (Å²) in [7, 11) is 0. The maximum atomic E-state index is 13.7. The van der Waals surface area contributed by atoms with Gasteiger partial charge in [-0.1, -0.05) is 18.2 Å². The second-order valence-electron chi connectivity index (χ2n) is 4.58. The Hall–Kier alpha value is -0.970. The molecule has 1 aromatic carbocycles. The van der Waals surface area contributed by atoms with E-state index >= 15 is 0 Å². The third kappa shape index (κ3) is 2.65. The van der Waals surface area contributed by atoms with Gasteiger partial charge in [0.2, 0.25) is 0 Å². The Labute approximate surface area is 100 Å². The second-order valence-corrected chi connectivity index (χ2v) is 4.58. The van der Waals surface area contributed by atoms with Gasteiger partial charge in [0.25, 0.3) is 0 Å². The summed E-state index contributed by atoms with van der Waals surface area (Å²) in [6.07, 6.45) is 1.02. The van der Waals surface area contributed by atoms with Crippen molar-refractivity contribution < 1.29 is 14.6 Å². The summed E-state index contributed by atoms with van der Waals surface area (Å²) in [5.74, 6) is -0.342. The lowest BCUT2D eigenvalue weighted by molar-refractivity contribution is -0.0309. The van der Waals surface area contributed by atoms with Gasteiger partial charge in [-0.25, -0.2) is 4.39 Å². The molecular weight excluding hydrogens is 221 g/mol. The van der Waals surface area contributed by atoms with Crippen LogP contribution < -0.4 is 0 Å². The maximum Gasteiger partial charge on any atom is 0.129 e. The minimum Gasteiger partial charge on any atom is -0.395 e. The molecule has 0 aromatic heterocycles. The van der Waals surface area contributed by atoms with Crippen molar-refractivity contribution in [2.45, 2.75) is 18.4 Å². The molecule has 0 unspecified atom stereocenters. The van der Waals surface area contributed by atoms with Crippen LogP contribution in [0.4, 0.5) is 4.39 Å². The van der Waals surface area contributed by atoms with E-state index in [1.54, 1.807) is 18.2 Å². The number of benzene rings is 1. The number of piperidine rings is 1. The Morgan fingerprint density at radius 2 is 1.88 bits per heavy atom. The van der Waals surface area contributed by atoms with E-state index < -0.39 is 5.60 Å². The minimum atomic E-state index is -1.06. The molecule has 0 aliphatic carbocycles. The molecule has 1 fully saturated rings. The highest BCUT2D eigenvalue weighted by atomic mass is 19.1. The van der Waals surface area contributed by atoms with Crippen molar-refractivity contribution in [2.24, 2.45) is 0 Å². The zero-order valence-electron chi connectivity index (χ0n) is 9.77. The topological polar surface area (TPSA) is 43.7 Å². The van der Waals surface area contributed by atoms with Gasteiger partial charge in [0, 0.05) is 25.2 Å². The average Bonchev–Trinajstić information content (AvgIpc) is 2.33. The minimum absolute atomic E-state index is 0.123. The van der Waals surface area contributed by atoms with Gasteiger partial charge in [-0.3, -0.25) is 0 Å². The normalized spacial score (nSPS) is 20.4. The van der Waals surface area contributed by atoms with E-state index in [1.807, 2.05) is 0 Å². The van der Waals surface area contributed by atoms with Crippen molar-refractivity contribution in [1.29, 1.82) is 0 Å². The monoisotopic (exact) mass is 239 g/mol. The van der Waals surface area contributed by atoms with E-state index in [2.05, 4.69) is 4.90 Å². The van der Waals surface area contributed by atoms with Crippen LogP contribution in [0.3, 0.4) is 0 Å². The third-order valence-corrected chi connectivity index (χ3v) is 3.47. The molecule has 0 atom stereocenters. The SMILES string of the molecule is OCCN1CCC(O)(c2ccccc2F)CC1. The van der Waals surface area contributed by atoms with Gasteiger partial charge in [0.1, 0.15) is 5.82 Å². The van der Waals surface area contributed by atoms with Crippen molar-refractivity contribution in [3.05, 3.63) is 35.6 Å². The zero-order valence-corrected chi connectivity index (χ0v) is 9.77. The summed E-state index contributed by atoms with van der Waals surface area (Å²) in [4.78, 5) is 2.08. The first-order valence-electron chi connectivity index (χ1n) is 5.96. The highest BCUT2D eigenvalue weighted by Crippen LogP contribution is 2.33. The maximum absolute atomic E-state index is 13.7. The quantitative estimate of drug-likeness (QED) is 0.830. The molecule has 1 aliphatic rings. The smallest absolute Gasteiger partial charge is 0.129 e. The fourth-order valence-corrected chi connectivity index (χ4v) is 2.40. The van der Waals surface area contributed by atoms with E-state index in [4.69, 9.17) is 5.11 Å². The molecule has 0 bridgehead atoms. The molecule has 17 heavy (non-hydrogen) atoms. The number of halogens is 1. The molecular formula is C13H18FNO2. The predicted molar refractivity (Wildman–Crippen MR) is 63.1 cm³/mol. The number of rotatable bonds is 3. The summed E-state index contributed by atoms with van der Waals surface area (Å²) in [5.41, 5.74) is -0.666. The third-order valence-electron chi connectivity index (χ3n) is 3.47. The fourth-order valence-electron chi connectivity index (χ4n) is 2.40. The molecule has 4 heteroatoms.